The molecule has 1 fully saturated rings. The van der Waals surface area contributed by atoms with Crippen molar-refractivity contribution in [1.82, 2.24) is 0 Å². The monoisotopic (exact) mass is 267 g/mol. The van der Waals surface area contributed by atoms with Gasteiger partial charge in [-0.2, -0.15) is 0 Å². The molecule has 0 aromatic heterocycles. The Balaban J connectivity index is 2.30. The van der Waals surface area contributed by atoms with Crippen molar-refractivity contribution in [3.63, 3.8) is 0 Å². The Morgan fingerprint density at radius 2 is 1.84 bits per heavy atom. The highest BCUT2D eigenvalue weighted by molar-refractivity contribution is 5.84. The van der Waals surface area contributed by atoms with Crippen molar-refractivity contribution in [2.45, 2.75) is 85.0 Å². The molecule has 1 aliphatic carbocycles. The van der Waals surface area contributed by atoms with Gasteiger partial charge >= 0.3 is 0 Å². The van der Waals surface area contributed by atoms with Crippen LogP contribution in [0.5, 0.6) is 0 Å². The standard InChI is InChI=1S/C17H33NO/c1-4-6-7-8-9-16-11-13-17(12-10-15(16)3)18-19-14-5-2/h15-16H,4-14H2,1-3H3/b18-17+. The van der Waals surface area contributed by atoms with E-state index in [4.69, 9.17) is 4.84 Å². The van der Waals surface area contributed by atoms with Crippen molar-refractivity contribution < 1.29 is 4.84 Å². The van der Waals surface area contributed by atoms with Gasteiger partial charge in [-0.3, -0.25) is 0 Å². The van der Waals surface area contributed by atoms with Crippen LogP contribution >= 0.6 is 0 Å². The van der Waals surface area contributed by atoms with Gasteiger partial charge in [0.2, 0.25) is 0 Å². The van der Waals surface area contributed by atoms with E-state index in [9.17, 15) is 0 Å². The Bertz CT molecular complexity index is 250. The van der Waals surface area contributed by atoms with Gasteiger partial charge in [0.1, 0.15) is 6.61 Å². The van der Waals surface area contributed by atoms with Gasteiger partial charge in [0.15, 0.2) is 0 Å². The van der Waals surface area contributed by atoms with Crippen LogP contribution in [0, 0.1) is 11.8 Å². The molecular formula is C17H33NO. The zero-order valence-corrected chi connectivity index (χ0v) is 13.3. The zero-order chi connectivity index (χ0) is 13.9. The summed E-state index contributed by atoms with van der Waals surface area (Å²) in [5.41, 5.74) is 1.30. The van der Waals surface area contributed by atoms with E-state index >= 15 is 0 Å². The number of hydrogen-bond donors (Lipinski definition) is 0. The molecule has 0 saturated heterocycles. The minimum Gasteiger partial charge on any atom is -0.396 e. The first-order chi connectivity index (χ1) is 9.27. The topological polar surface area (TPSA) is 21.6 Å². The molecule has 2 heteroatoms. The van der Waals surface area contributed by atoms with Crippen molar-refractivity contribution in [2.24, 2.45) is 17.0 Å². The molecule has 0 aliphatic heterocycles. The smallest absolute Gasteiger partial charge is 0.116 e. The molecule has 1 rings (SSSR count). The molecule has 19 heavy (non-hydrogen) atoms. The molecule has 2 nitrogen and oxygen atoms in total. The minimum atomic E-state index is 0.763. The summed E-state index contributed by atoms with van der Waals surface area (Å²) in [7, 11) is 0. The highest BCUT2D eigenvalue weighted by Gasteiger charge is 2.22. The fourth-order valence-electron chi connectivity index (χ4n) is 2.97. The highest BCUT2D eigenvalue weighted by Crippen LogP contribution is 2.31. The summed E-state index contributed by atoms with van der Waals surface area (Å²) in [5, 5.41) is 4.33. The van der Waals surface area contributed by atoms with Gasteiger partial charge in [0, 0.05) is 0 Å². The molecule has 0 spiro atoms. The summed E-state index contributed by atoms with van der Waals surface area (Å²) in [5.74, 6) is 1.77. The average molecular weight is 267 g/mol. The Morgan fingerprint density at radius 3 is 2.58 bits per heavy atom. The maximum Gasteiger partial charge on any atom is 0.116 e. The van der Waals surface area contributed by atoms with Crippen LogP contribution in [0.2, 0.25) is 0 Å². The second-order valence-corrected chi connectivity index (χ2v) is 6.15. The van der Waals surface area contributed by atoms with Gasteiger partial charge in [0.05, 0.1) is 5.71 Å². The quantitative estimate of drug-likeness (QED) is 0.320. The predicted molar refractivity (Wildman–Crippen MR) is 83.6 cm³/mol. The second kappa shape index (κ2) is 10.3. The zero-order valence-electron chi connectivity index (χ0n) is 13.3. The molecule has 2 atom stereocenters. The third kappa shape index (κ3) is 6.98. The SMILES string of the molecule is CCCCCCC1CC/C(=N/OCCC)CCC1C. The minimum absolute atomic E-state index is 0.763. The Labute approximate surface area is 120 Å². The Kier molecular flexibility index (Phi) is 8.94. The van der Waals surface area contributed by atoms with Crippen LogP contribution < -0.4 is 0 Å². The molecule has 2 unspecified atom stereocenters. The molecule has 112 valence electrons. The fourth-order valence-corrected chi connectivity index (χ4v) is 2.97. The van der Waals surface area contributed by atoms with Gasteiger partial charge in [-0.15, -0.1) is 0 Å². The van der Waals surface area contributed by atoms with E-state index in [-0.39, 0.29) is 0 Å². The van der Waals surface area contributed by atoms with Crippen LogP contribution in [0.3, 0.4) is 0 Å². The van der Waals surface area contributed by atoms with Crippen molar-refractivity contribution in [3.8, 4) is 0 Å². The molecule has 0 bridgehead atoms. The van der Waals surface area contributed by atoms with Gasteiger partial charge < -0.3 is 4.84 Å². The van der Waals surface area contributed by atoms with Crippen LogP contribution in [0.25, 0.3) is 0 Å². The highest BCUT2D eigenvalue weighted by atomic mass is 16.6. The molecule has 1 aliphatic rings. The number of rotatable bonds is 8. The van der Waals surface area contributed by atoms with Gasteiger partial charge in [0.25, 0.3) is 0 Å². The number of hydrogen-bond acceptors (Lipinski definition) is 2. The van der Waals surface area contributed by atoms with Crippen molar-refractivity contribution >= 4 is 5.71 Å². The van der Waals surface area contributed by atoms with Gasteiger partial charge in [-0.05, 0) is 43.9 Å². The van der Waals surface area contributed by atoms with E-state index in [1.54, 1.807) is 0 Å². The fraction of sp³-hybridized carbons (Fsp3) is 0.941. The largest absolute Gasteiger partial charge is 0.396 e. The van der Waals surface area contributed by atoms with Crippen LogP contribution in [-0.4, -0.2) is 12.3 Å². The lowest BCUT2D eigenvalue weighted by atomic mass is 9.85. The summed E-state index contributed by atoms with van der Waals surface area (Å²) in [4.78, 5) is 5.35. The van der Waals surface area contributed by atoms with Gasteiger partial charge in [-0.25, -0.2) is 0 Å². The van der Waals surface area contributed by atoms with Gasteiger partial charge in [-0.1, -0.05) is 58.0 Å². The third-order valence-corrected chi connectivity index (χ3v) is 4.41. The van der Waals surface area contributed by atoms with Crippen molar-refractivity contribution in [3.05, 3.63) is 0 Å². The number of unbranched alkanes of at least 4 members (excludes halogenated alkanes) is 3. The van der Waals surface area contributed by atoms with Crippen molar-refractivity contribution in [2.75, 3.05) is 6.61 Å². The lowest BCUT2D eigenvalue weighted by Crippen LogP contribution is -2.09. The van der Waals surface area contributed by atoms with E-state index in [1.165, 1.54) is 50.7 Å². The molecule has 0 amide bonds. The summed E-state index contributed by atoms with van der Waals surface area (Å²) in [6.07, 6.45) is 13.0. The number of nitrogens with zero attached hydrogens (tertiary/aromatic N) is 1. The molecule has 0 aromatic carbocycles. The van der Waals surface area contributed by atoms with E-state index in [2.05, 4.69) is 25.9 Å². The molecule has 0 heterocycles. The first-order valence-electron chi connectivity index (χ1n) is 8.45. The molecule has 0 N–H and O–H groups in total. The summed E-state index contributed by atoms with van der Waals surface area (Å²) >= 11 is 0. The van der Waals surface area contributed by atoms with Crippen LogP contribution in [-0.2, 0) is 4.84 Å². The third-order valence-electron chi connectivity index (χ3n) is 4.41. The summed E-state index contributed by atoms with van der Waals surface area (Å²) in [6, 6.07) is 0. The lowest BCUT2D eigenvalue weighted by Gasteiger charge is -2.20. The summed E-state index contributed by atoms with van der Waals surface area (Å²) < 4.78 is 0. The predicted octanol–water partition coefficient (Wildman–Crippen LogP) is 5.57. The first kappa shape index (κ1) is 16.5. The van der Waals surface area contributed by atoms with Crippen LogP contribution in [0.1, 0.15) is 85.0 Å². The molecule has 0 radical (unpaired) electrons. The van der Waals surface area contributed by atoms with E-state index in [1.807, 2.05) is 0 Å². The van der Waals surface area contributed by atoms with E-state index in [0.29, 0.717) is 0 Å². The first-order valence-corrected chi connectivity index (χ1v) is 8.45. The maximum atomic E-state index is 5.35. The Morgan fingerprint density at radius 1 is 1.05 bits per heavy atom. The number of oxime groups is 1. The summed E-state index contributed by atoms with van der Waals surface area (Å²) in [6.45, 7) is 7.61. The molecule has 1 saturated carbocycles. The van der Waals surface area contributed by atoms with Crippen molar-refractivity contribution in [1.29, 1.82) is 0 Å². The maximum absolute atomic E-state index is 5.35. The van der Waals surface area contributed by atoms with E-state index < -0.39 is 0 Å². The molecular weight excluding hydrogens is 234 g/mol. The van der Waals surface area contributed by atoms with Crippen LogP contribution in [0.15, 0.2) is 5.16 Å². The normalized spacial score (nSPS) is 26.4. The van der Waals surface area contributed by atoms with Crippen LogP contribution in [0.4, 0.5) is 0 Å². The average Bonchev–Trinajstić information content (AvgIpc) is 2.59. The molecule has 0 aromatic rings. The lowest BCUT2D eigenvalue weighted by molar-refractivity contribution is 0.143. The van der Waals surface area contributed by atoms with E-state index in [0.717, 1.165) is 37.7 Å². The Hall–Kier alpha value is -0.530. The second-order valence-electron chi connectivity index (χ2n) is 6.15.